The molecule has 5 nitrogen and oxygen atoms in total. The second-order valence-electron chi connectivity index (χ2n) is 5.09. The number of nitrogens with one attached hydrogen (secondary N) is 1. The van der Waals surface area contributed by atoms with Gasteiger partial charge in [0.15, 0.2) is 6.10 Å². The fraction of sp³-hybridized carbons (Fsp3) is 0.583. The van der Waals surface area contributed by atoms with E-state index in [0.29, 0.717) is 0 Å². The Morgan fingerprint density at radius 1 is 1.15 bits per heavy atom. The Hall–Kier alpha value is -1.86. The minimum atomic E-state index is -4.94. The number of amides is 2. The minimum absolute atomic E-state index is 0.639. The van der Waals surface area contributed by atoms with E-state index in [0.717, 1.165) is 6.92 Å². The highest BCUT2D eigenvalue weighted by molar-refractivity contribution is 6.00. The maximum atomic E-state index is 12.2. The molecular weight excluding hydrogens is 279 g/mol. The molecule has 0 aromatic heterocycles. The number of hydrogen-bond acceptors (Lipinski definition) is 4. The standard InChI is InChI=1S/C12H16F3NO4/c1-6(12(13,14)15)9(18)20-7(2)8(17)16-10(19)11(3,4)5/h7H,1H2,2-5H3,(H,16,17,19). The molecule has 0 radical (unpaired) electrons. The van der Waals surface area contributed by atoms with Crippen molar-refractivity contribution in [1.29, 1.82) is 0 Å². The van der Waals surface area contributed by atoms with E-state index < -0.39 is 41.1 Å². The summed E-state index contributed by atoms with van der Waals surface area (Å²) < 4.78 is 40.8. The summed E-state index contributed by atoms with van der Waals surface area (Å²) in [6, 6.07) is 0. The summed E-state index contributed by atoms with van der Waals surface area (Å²) in [5, 5.41) is 1.94. The van der Waals surface area contributed by atoms with E-state index in [1.54, 1.807) is 0 Å². The third kappa shape index (κ3) is 5.41. The van der Waals surface area contributed by atoms with Gasteiger partial charge in [0.2, 0.25) is 5.91 Å². The second kappa shape index (κ2) is 6.06. The molecule has 2 amide bonds. The average Bonchev–Trinajstić information content (AvgIpc) is 2.24. The summed E-state index contributed by atoms with van der Waals surface area (Å²) in [7, 11) is 0. The fourth-order valence-corrected chi connectivity index (χ4v) is 0.802. The molecule has 0 saturated heterocycles. The molecular formula is C12H16F3NO4. The van der Waals surface area contributed by atoms with Crippen molar-refractivity contribution in [2.45, 2.75) is 40.0 Å². The van der Waals surface area contributed by atoms with Gasteiger partial charge in [0, 0.05) is 5.41 Å². The van der Waals surface area contributed by atoms with E-state index in [1.165, 1.54) is 20.8 Å². The Morgan fingerprint density at radius 3 is 1.95 bits per heavy atom. The van der Waals surface area contributed by atoms with Crippen LogP contribution in [0, 0.1) is 5.41 Å². The van der Waals surface area contributed by atoms with E-state index in [2.05, 4.69) is 11.3 Å². The van der Waals surface area contributed by atoms with E-state index >= 15 is 0 Å². The summed E-state index contributed by atoms with van der Waals surface area (Å²) in [6.07, 6.45) is -6.48. The Bertz CT molecular complexity index is 435. The number of carbonyl (C=O) groups excluding carboxylic acids is 3. The molecule has 0 heterocycles. The highest BCUT2D eigenvalue weighted by Crippen LogP contribution is 2.25. The molecule has 8 heteroatoms. The first kappa shape index (κ1) is 18.1. The van der Waals surface area contributed by atoms with Gasteiger partial charge in [-0.15, -0.1) is 0 Å². The Labute approximate surface area is 114 Å². The molecule has 0 aromatic carbocycles. The van der Waals surface area contributed by atoms with Crippen molar-refractivity contribution < 1.29 is 32.3 Å². The van der Waals surface area contributed by atoms with Crippen LogP contribution in [-0.2, 0) is 19.1 Å². The smallest absolute Gasteiger partial charge is 0.422 e. The van der Waals surface area contributed by atoms with Crippen LogP contribution in [0.25, 0.3) is 0 Å². The second-order valence-corrected chi connectivity index (χ2v) is 5.09. The van der Waals surface area contributed by atoms with Crippen LogP contribution in [0.3, 0.4) is 0 Å². The molecule has 1 unspecified atom stereocenters. The Kier molecular flexibility index (Phi) is 5.50. The number of hydrogen-bond donors (Lipinski definition) is 1. The van der Waals surface area contributed by atoms with Crippen LogP contribution in [0.15, 0.2) is 12.2 Å². The van der Waals surface area contributed by atoms with E-state index in [-0.39, 0.29) is 0 Å². The number of carbonyl (C=O) groups is 3. The summed E-state index contributed by atoms with van der Waals surface area (Å²) in [4.78, 5) is 34.1. The quantitative estimate of drug-likeness (QED) is 0.635. The van der Waals surface area contributed by atoms with Crippen LogP contribution in [0.2, 0.25) is 0 Å². The summed E-state index contributed by atoms with van der Waals surface area (Å²) in [5.41, 5.74) is -2.59. The van der Waals surface area contributed by atoms with Gasteiger partial charge in [-0.25, -0.2) is 4.79 Å². The van der Waals surface area contributed by atoms with Crippen molar-refractivity contribution in [3.8, 4) is 0 Å². The van der Waals surface area contributed by atoms with Crippen LogP contribution in [-0.4, -0.2) is 30.1 Å². The topological polar surface area (TPSA) is 72.5 Å². The third-order valence-electron chi connectivity index (χ3n) is 2.16. The zero-order chi connectivity index (χ0) is 16.3. The highest BCUT2D eigenvalue weighted by Gasteiger charge is 2.39. The van der Waals surface area contributed by atoms with Crippen molar-refractivity contribution in [2.75, 3.05) is 0 Å². The van der Waals surface area contributed by atoms with E-state index in [9.17, 15) is 27.6 Å². The van der Waals surface area contributed by atoms with Crippen molar-refractivity contribution >= 4 is 17.8 Å². The first-order valence-corrected chi connectivity index (χ1v) is 5.59. The molecule has 0 rings (SSSR count). The molecule has 114 valence electrons. The molecule has 0 saturated carbocycles. The zero-order valence-corrected chi connectivity index (χ0v) is 11.6. The molecule has 0 aliphatic heterocycles. The van der Waals surface area contributed by atoms with Crippen molar-refractivity contribution in [3.05, 3.63) is 12.2 Å². The SMILES string of the molecule is C=C(C(=O)OC(C)C(=O)NC(=O)C(C)(C)C)C(F)(F)F. The number of rotatable bonds is 3. The lowest BCUT2D eigenvalue weighted by atomic mass is 9.95. The highest BCUT2D eigenvalue weighted by atomic mass is 19.4. The lowest BCUT2D eigenvalue weighted by Crippen LogP contribution is -2.44. The molecule has 0 aliphatic carbocycles. The molecule has 0 bridgehead atoms. The van der Waals surface area contributed by atoms with Crippen molar-refractivity contribution in [1.82, 2.24) is 5.32 Å². The van der Waals surface area contributed by atoms with Gasteiger partial charge in [-0.05, 0) is 6.92 Å². The van der Waals surface area contributed by atoms with Crippen molar-refractivity contribution in [3.63, 3.8) is 0 Å². The summed E-state index contributed by atoms with van der Waals surface area (Å²) >= 11 is 0. The third-order valence-corrected chi connectivity index (χ3v) is 2.16. The number of alkyl halides is 3. The number of esters is 1. The summed E-state index contributed by atoms with van der Waals surface area (Å²) in [5.74, 6) is -3.41. The number of halogens is 3. The lowest BCUT2D eigenvalue weighted by Gasteiger charge is -2.19. The number of imide groups is 1. The monoisotopic (exact) mass is 295 g/mol. The number of ether oxygens (including phenoxy) is 1. The Balaban J connectivity index is 4.60. The maximum Gasteiger partial charge on any atom is 0.422 e. The molecule has 20 heavy (non-hydrogen) atoms. The van der Waals surface area contributed by atoms with Gasteiger partial charge < -0.3 is 4.74 Å². The van der Waals surface area contributed by atoms with Gasteiger partial charge >= 0.3 is 12.1 Å². The molecule has 0 spiro atoms. The normalized spacial score (nSPS) is 13.3. The van der Waals surface area contributed by atoms with Gasteiger partial charge in [-0.2, -0.15) is 13.2 Å². The van der Waals surface area contributed by atoms with Crippen molar-refractivity contribution in [2.24, 2.45) is 5.41 Å². The lowest BCUT2D eigenvalue weighted by molar-refractivity contribution is -0.160. The largest absolute Gasteiger partial charge is 0.449 e. The zero-order valence-electron chi connectivity index (χ0n) is 11.6. The first-order valence-electron chi connectivity index (χ1n) is 5.59. The predicted molar refractivity (Wildman–Crippen MR) is 63.4 cm³/mol. The maximum absolute atomic E-state index is 12.2. The van der Waals surface area contributed by atoms with Gasteiger partial charge in [0.1, 0.15) is 5.57 Å². The van der Waals surface area contributed by atoms with Crippen LogP contribution in [0.1, 0.15) is 27.7 Å². The van der Waals surface area contributed by atoms with Crippen LogP contribution in [0.4, 0.5) is 13.2 Å². The molecule has 0 fully saturated rings. The first-order chi connectivity index (χ1) is 8.76. The molecule has 0 aromatic rings. The predicted octanol–water partition coefficient (Wildman–Crippen LogP) is 1.73. The van der Waals surface area contributed by atoms with Crippen LogP contribution < -0.4 is 5.32 Å². The summed E-state index contributed by atoms with van der Waals surface area (Å²) in [6.45, 7) is 8.21. The average molecular weight is 295 g/mol. The van der Waals surface area contributed by atoms with Gasteiger partial charge in [0.25, 0.3) is 5.91 Å². The van der Waals surface area contributed by atoms with Gasteiger partial charge in [-0.3, -0.25) is 14.9 Å². The Morgan fingerprint density at radius 2 is 1.60 bits per heavy atom. The molecule has 1 atom stereocenters. The minimum Gasteiger partial charge on any atom is -0.449 e. The van der Waals surface area contributed by atoms with E-state index in [1.807, 2.05) is 5.32 Å². The van der Waals surface area contributed by atoms with Gasteiger partial charge in [-0.1, -0.05) is 27.4 Å². The molecule has 1 N–H and O–H groups in total. The van der Waals surface area contributed by atoms with E-state index in [4.69, 9.17) is 0 Å². The van der Waals surface area contributed by atoms with Crippen LogP contribution in [0.5, 0.6) is 0 Å². The molecule has 0 aliphatic rings. The van der Waals surface area contributed by atoms with Gasteiger partial charge in [0.05, 0.1) is 0 Å². The fourth-order valence-electron chi connectivity index (χ4n) is 0.802. The van der Waals surface area contributed by atoms with Crippen LogP contribution >= 0.6 is 0 Å².